The third-order valence-corrected chi connectivity index (χ3v) is 9.83. The quantitative estimate of drug-likeness (QED) is 0.195. The molecule has 1 aliphatic carbocycles. The molecule has 1 aliphatic heterocycles. The summed E-state index contributed by atoms with van der Waals surface area (Å²) >= 11 is 0. The predicted octanol–water partition coefficient (Wildman–Crippen LogP) is 11.2. The summed E-state index contributed by atoms with van der Waals surface area (Å²) in [7, 11) is 0. The minimum absolute atomic E-state index is 0.526. The van der Waals surface area contributed by atoms with Crippen LogP contribution in [0.4, 0.5) is 0 Å². The van der Waals surface area contributed by atoms with Crippen molar-refractivity contribution in [1.82, 2.24) is 9.97 Å². The zero-order valence-corrected chi connectivity index (χ0v) is 26.4. The molecule has 0 atom stereocenters. The van der Waals surface area contributed by atoms with E-state index in [1.54, 1.807) is 0 Å². The van der Waals surface area contributed by atoms with E-state index in [0.29, 0.717) is 17.3 Å². The molecule has 0 radical (unpaired) electrons. The number of aromatic nitrogens is 2. The van der Waals surface area contributed by atoms with Crippen LogP contribution in [-0.2, 0) is 5.41 Å². The van der Waals surface area contributed by atoms with Crippen molar-refractivity contribution in [2.45, 2.75) is 5.41 Å². The molecule has 4 heteroatoms. The number of fused-ring (bicyclic) bond motifs is 9. The molecule has 49 heavy (non-hydrogen) atoms. The molecule has 1 spiro atoms. The maximum absolute atomic E-state index is 6.86. The maximum Gasteiger partial charge on any atom is 0.196 e. The first-order valence-electron chi connectivity index (χ1n) is 16.5. The molecule has 4 nitrogen and oxygen atoms in total. The van der Waals surface area contributed by atoms with Crippen molar-refractivity contribution >= 4 is 0 Å². The van der Waals surface area contributed by atoms with Gasteiger partial charge < -0.3 is 9.15 Å². The standard InChI is InChI=1S/C45H28N2O2/c1-3-14-29(15-4-1)38-28-39(30-16-5-2-6-17-30)47-44(46-38)42-27-26-40(48-42)33-20-13-24-37-43(33)49-41-25-12-11-23-36(41)45(37)34-21-9-7-18-31(34)32-19-8-10-22-35(32)45/h1-28H. The van der Waals surface area contributed by atoms with Crippen LogP contribution < -0.4 is 4.74 Å². The fourth-order valence-electron chi connectivity index (χ4n) is 7.75. The number of nitrogens with zero attached hydrogens (tertiary/aromatic N) is 2. The van der Waals surface area contributed by atoms with E-state index in [4.69, 9.17) is 19.1 Å². The summed E-state index contributed by atoms with van der Waals surface area (Å²) in [5.41, 5.74) is 11.3. The van der Waals surface area contributed by atoms with E-state index in [0.717, 1.165) is 50.7 Å². The van der Waals surface area contributed by atoms with Crippen molar-refractivity contribution in [2.75, 3.05) is 0 Å². The van der Waals surface area contributed by atoms with E-state index in [9.17, 15) is 0 Å². The molecule has 0 bridgehead atoms. The fraction of sp³-hybridized carbons (Fsp3) is 0.0222. The first-order valence-corrected chi connectivity index (χ1v) is 16.5. The second-order valence-corrected chi connectivity index (χ2v) is 12.5. The Labute approximate surface area is 284 Å². The summed E-state index contributed by atoms with van der Waals surface area (Å²) < 4.78 is 13.5. The van der Waals surface area contributed by atoms with Gasteiger partial charge in [-0.1, -0.05) is 140 Å². The van der Waals surface area contributed by atoms with E-state index in [1.807, 2.05) is 60.7 Å². The largest absolute Gasteiger partial charge is 0.456 e. The van der Waals surface area contributed by atoms with Crippen LogP contribution in [0.25, 0.3) is 56.6 Å². The number of hydrogen-bond acceptors (Lipinski definition) is 4. The van der Waals surface area contributed by atoms with Gasteiger partial charge in [-0.05, 0) is 52.6 Å². The molecule has 2 aromatic heterocycles. The monoisotopic (exact) mass is 628 g/mol. The van der Waals surface area contributed by atoms with Gasteiger partial charge in [-0.25, -0.2) is 9.97 Å². The Bertz CT molecular complexity index is 2430. The summed E-state index contributed by atoms with van der Waals surface area (Å²) in [5, 5.41) is 0. The fourth-order valence-corrected chi connectivity index (χ4v) is 7.75. The van der Waals surface area contributed by atoms with Crippen molar-refractivity contribution in [1.29, 1.82) is 0 Å². The Kier molecular flexibility index (Phi) is 6.06. The lowest BCUT2D eigenvalue weighted by Gasteiger charge is -2.39. The molecular weight excluding hydrogens is 601 g/mol. The molecule has 10 rings (SSSR count). The first kappa shape index (κ1) is 27.6. The summed E-state index contributed by atoms with van der Waals surface area (Å²) in [6.07, 6.45) is 0. The van der Waals surface area contributed by atoms with Gasteiger partial charge >= 0.3 is 0 Å². The van der Waals surface area contributed by atoms with Crippen molar-refractivity contribution in [2.24, 2.45) is 0 Å². The number of hydrogen-bond donors (Lipinski definition) is 0. The van der Waals surface area contributed by atoms with Crippen molar-refractivity contribution in [3.63, 3.8) is 0 Å². The zero-order chi connectivity index (χ0) is 32.4. The second kappa shape index (κ2) is 10.8. The first-order chi connectivity index (χ1) is 24.3. The van der Waals surface area contributed by atoms with Gasteiger partial charge in [-0.15, -0.1) is 0 Å². The molecule has 0 fully saturated rings. The van der Waals surface area contributed by atoms with Crippen molar-refractivity contribution in [3.8, 4) is 68.0 Å². The average Bonchev–Trinajstić information content (AvgIpc) is 3.78. The van der Waals surface area contributed by atoms with Crippen LogP contribution in [0.3, 0.4) is 0 Å². The smallest absolute Gasteiger partial charge is 0.196 e. The average molecular weight is 629 g/mol. The van der Waals surface area contributed by atoms with Crippen LogP contribution in [-0.4, -0.2) is 9.97 Å². The Hall–Kier alpha value is -6.52. The molecule has 2 aliphatic rings. The topological polar surface area (TPSA) is 48.2 Å². The third kappa shape index (κ3) is 4.11. The summed E-state index contributed by atoms with van der Waals surface area (Å²) in [5.74, 6) is 3.43. The van der Waals surface area contributed by atoms with Gasteiger partial charge in [0.2, 0.25) is 0 Å². The molecule has 0 N–H and O–H groups in total. The van der Waals surface area contributed by atoms with Crippen LogP contribution in [0.5, 0.6) is 11.5 Å². The highest BCUT2D eigenvalue weighted by atomic mass is 16.5. The van der Waals surface area contributed by atoms with Crippen molar-refractivity contribution < 1.29 is 9.15 Å². The van der Waals surface area contributed by atoms with Gasteiger partial charge in [0.1, 0.15) is 17.3 Å². The van der Waals surface area contributed by atoms with E-state index in [2.05, 4.69) is 109 Å². The summed E-state index contributed by atoms with van der Waals surface area (Å²) in [6.45, 7) is 0. The molecule has 0 saturated heterocycles. The van der Waals surface area contributed by atoms with Crippen LogP contribution >= 0.6 is 0 Å². The molecular formula is C45H28N2O2. The molecule has 0 amide bonds. The third-order valence-electron chi connectivity index (χ3n) is 9.83. The maximum atomic E-state index is 6.86. The Balaban J connectivity index is 1.16. The summed E-state index contributed by atoms with van der Waals surface area (Å²) in [4.78, 5) is 9.99. The zero-order valence-electron chi connectivity index (χ0n) is 26.4. The Morgan fingerprint density at radius 3 is 1.57 bits per heavy atom. The second-order valence-electron chi connectivity index (χ2n) is 12.5. The van der Waals surface area contributed by atoms with E-state index >= 15 is 0 Å². The molecule has 0 unspecified atom stereocenters. The minimum atomic E-state index is -0.541. The molecule has 6 aromatic carbocycles. The number of para-hydroxylation sites is 2. The van der Waals surface area contributed by atoms with Crippen LogP contribution in [0.2, 0.25) is 0 Å². The molecule has 0 saturated carbocycles. The number of benzene rings is 6. The Morgan fingerprint density at radius 1 is 0.408 bits per heavy atom. The number of furan rings is 1. The van der Waals surface area contributed by atoms with Gasteiger partial charge in [0, 0.05) is 22.3 Å². The van der Waals surface area contributed by atoms with Crippen LogP contribution in [0, 0.1) is 0 Å². The Morgan fingerprint density at radius 2 is 0.918 bits per heavy atom. The van der Waals surface area contributed by atoms with E-state index < -0.39 is 5.41 Å². The van der Waals surface area contributed by atoms with Gasteiger partial charge in [0.05, 0.1) is 22.4 Å². The van der Waals surface area contributed by atoms with E-state index in [1.165, 1.54) is 22.3 Å². The van der Waals surface area contributed by atoms with Gasteiger partial charge in [0.25, 0.3) is 0 Å². The lowest BCUT2D eigenvalue weighted by molar-refractivity contribution is 0.436. The summed E-state index contributed by atoms with van der Waals surface area (Å²) in [6, 6.07) is 58.7. The molecule has 3 heterocycles. The van der Waals surface area contributed by atoms with Crippen LogP contribution in [0.1, 0.15) is 22.3 Å². The van der Waals surface area contributed by atoms with Crippen molar-refractivity contribution in [3.05, 3.63) is 192 Å². The highest BCUT2D eigenvalue weighted by Gasteiger charge is 2.51. The van der Waals surface area contributed by atoms with Crippen LogP contribution in [0.15, 0.2) is 174 Å². The van der Waals surface area contributed by atoms with E-state index in [-0.39, 0.29) is 0 Å². The lowest BCUT2D eigenvalue weighted by Crippen LogP contribution is -2.32. The predicted molar refractivity (Wildman–Crippen MR) is 193 cm³/mol. The molecule has 8 aromatic rings. The van der Waals surface area contributed by atoms with Gasteiger partial charge in [-0.2, -0.15) is 0 Å². The minimum Gasteiger partial charge on any atom is -0.456 e. The normalized spacial score (nSPS) is 13.2. The van der Waals surface area contributed by atoms with Gasteiger partial charge in [-0.3, -0.25) is 0 Å². The number of rotatable bonds is 4. The molecule has 230 valence electrons. The highest BCUT2D eigenvalue weighted by molar-refractivity contribution is 5.90. The van der Waals surface area contributed by atoms with Gasteiger partial charge in [0.15, 0.2) is 11.6 Å². The lowest BCUT2D eigenvalue weighted by atomic mass is 9.66. The number of ether oxygens (including phenoxy) is 1. The highest BCUT2D eigenvalue weighted by Crippen LogP contribution is 2.63. The SMILES string of the molecule is c1ccc(-c2cc(-c3ccccc3)nc(-c3ccc(-c4cccc5c4Oc4ccccc4C54c5ccccc5-c5ccccc54)o3)n2)cc1.